The summed E-state index contributed by atoms with van der Waals surface area (Å²) < 4.78 is 39.7. The number of likely N-dealkylation sites (tertiary alicyclic amines) is 1. The summed E-state index contributed by atoms with van der Waals surface area (Å²) in [6.45, 7) is 4.41. The van der Waals surface area contributed by atoms with Crippen LogP contribution in [0.3, 0.4) is 0 Å². The van der Waals surface area contributed by atoms with Gasteiger partial charge in [0.15, 0.2) is 0 Å². The fraction of sp³-hybridized carbons (Fsp3) is 0.750. The van der Waals surface area contributed by atoms with Gasteiger partial charge in [-0.2, -0.15) is 18.3 Å². The number of aryl methyl sites for hydroxylation is 1. The number of aromatic nitrogens is 2. The average Bonchev–Trinajstić information content (AvgIpc) is 2.84. The Bertz CT molecular complexity index is 460. The molecule has 2 rings (SSSR count). The zero-order valence-electron chi connectivity index (χ0n) is 11.6. The average molecular weight is 313 g/mol. The predicted molar refractivity (Wildman–Crippen MR) is 72.5 cm³/mol. The Balaban J connectivity index is 0.00000200. The summed E-state index contributed by atoms with van der Waals surface area (Å²) in [6.07, 6.45) is -2.14. The van der Waals surface area contributed by atoms with Gasteiger partial charge in [-0.15, -0.1) is 12.4 Å². The molecule has 2 heterocycles. The van der Waals surface area contributed by atoms with Gasteiger partial charge in [-0.25, -0.2) is 0 Å². The van der Waals surface area contributed by atoms with Crippen LogP contribution in [0.25, 0.3) is 0 Å². The summed E-state index contributed by atoms with van der Waals surface area (Å²) in [5, 5.41) is 3.73. The molecule has 1 fully saturated rings. The highest BCUT2D eigenvalue weighted by Gasteiger charge is 2.39. The minimum atomic E-state index is -4.36. The summed E-state index contributed by atoms with van der Waals surface area (Å²) in [5.74, 6) is 0. The first-order valence-corrected chi connectivity index (χ1v) is 6.26. The molecule has 20 heavy (non-hydrogen) atoms. The molecule has 0 aliphatic carbocycles. The highest BCUT2D eigenvalue weighted by atomic mass is 35.5. The van der Waals surface area contributed by atoms with Crippen molar-refractivity contribution in [3.05, 3.63) is 17.5 Å². The van der Waals surface area contributed by atoms with E-state index in [1.54, 1.807) is 0 Å². The summed E-state index contributed by atoms with van der Waals surface area (Å²) in [5.41, 5.74) is 5.29. The Labute approximate surface area is 122 Å². The van der Waals surface area contributed by atoms with E-state index in [4.69, 9.17) is 5.73 Å². The molecule has 0 saturated carbocycles. The van der Waals surface area contributed by atoms with Crippen LogP contribution < -0.4 is 5.73 Å². The van der Waals surface area contributed by atoms with Crippen LogP contribution in [0.4, 0.5) is 13.2 Å². The second-order valence-electron chi connectivity index (χ2n) is 5.62. The molecule has 1 aliphatic rings. The van der Waals surface area contributed by atoms with Crippen molar-refractivity contribution in [3.63, 3.8) is 0 Å². The minimum Gasteiger partial charge on any atom is -0.330 e. The molecule has 1 saturated heterocycles. The lowest BCUT2D eigenvalue weighted by molar-refractivity contribution is -0.144. The van der Waals surface area contributed by atoms with E-state index in [0.29, 0.717) is 6.54 Å². The van der Waals surface area contributed by atoms with E-state index in [1.165, 1.54) is 13.2 Å². The number of halogens is 4. The summed E-state index contributed by atoms with van der Waals surface area (Å²) >= 11 is 0. The van der Waals surface area contributed by atoms with Crippen LogP contribution in [0.1, 0.15) is 24.6 Å². The van der Waals surface area contributed by atoms with E-state index in [2.05, 4.69) is 12.0 Å². The Morgan fingerprint density at radius 1 is 1.45 bits per heavy atom. The van der Waals surface area contributed by atoms with Gasteiger partial charge in [-0.05, 0) is 24.9 Å². The van der Waals surface area contributed by atoms with Crippen LogP contribution in [0.5, 0.6) is 0 Å². The zero-order valence-corrected chi connectivity index (χ0v) is 12.4. The maximum atomic E-state index is 12.9. The number of alkyl halides is 3. The van der Waals surface area contributed by atoms with E-state index in [0.717, 1.165) is 24.2 Å². The fourth-order valence-electron chi connectivity index (χ4n) is 2.63. The van der Waals surface area contributed by atoms with E-state index < -0.39 is 11.9 Å². The van der Waals surface area contributed by atoms with Crippen LogP contribution in [-0.2, 0) is 19.8 Å². The molecule has 1 atom stereocenters. The molecular weight excluding hydrogens is 293 g/mol. The molecule has 4 nitrogen and oxygen atoms in total. The number of nitrogens with two attached hydrogens (primary N) is 1. The van der Waals surface area contributed by atoms with Crippen molar-refractivity contribution in [1.29, 1.82) is 0 Å². The highest BCUT2D eigenvalue weighted by molar-refractivity contribution is 5.85. The largest absolute Gasteiger partial charge is 0.433 e. The van der Waals surface area contributed by atoms with Crippen molar-refractivity contribution in [2.24, 2.45) is 18.2 Å². The van der Waals surface area contributed by atoms with Crippen LogP contribution in [0.15, 0.2) is 6.20 Å². The second-order valence-corrected chi connectivity index (χ2v) is 5.62. The van der Waals surface area contributed by atoms with E-state index >= 15 is 0 Å². The Hall–Kier alpha value is -0.790. The van der Waals surface area contributed by atoms with Gasteiger partial charge in [0.1, 0.15) is 5.69 Å². The van der Waals surface area contributed by atoms with Gasteiger partial charge in [0.25, 0.3) is 0 Å². The first kappa shape index (κ1) is 17.3. The molecule has 0 bridgehead atoms. The van der Waals surface area contributed by atoms with Crippen molar-refractivity contribution >= 4 is 12.4 Å². The fourth-order valence-corrected chi connectivity index (χ4v) is 2.63. The van der Waals surface area contributed by atoms with Crippen LogP contribution in [0.2, 0.25) is 0 Å². The standard InChI is InChI=1S/C12H19F3N4.ClH/c1-11(7-16)3-4-19(8-11)6-9-5-17-18(2)10(9)12(13,14)15;/h5H,3-4,6-8,16H2,1-2H3;1H. The number of rotatable bonds is 3. The van der Waals surface area contributed by atoms with Gasteiger partial charge in [0, 0.05) is 25.7 Å². The third-order valence-corrected chi connectivity index (χ3v) is 3.81. The van der Waals surface area contributed by atoms with Gasteiger partial charge in [-0.3, -0.25) is 9.58 Å². The first-order valence-electron chi connectivity index (χ1n) is 6.26. The maximum absolute atomic E-state index is 12.9. The molecule has 1 aliphatic heterocycles. The molecule has 1 aromatic rings. The van der Waals surface area contributed by atoms with Crippen molar-refractivity contribution in [2.45, 2.75) is 26.1 Å². The summed E-state index contributed by atoms with van der Waals surface area (Å²) in [6, 6.07) is 0. The molecular formula is C12H20ClF3N4. The zero-order chi connectivity index (χ0) is 14.3. The van der Waals surface area contributed by atoms with E-state index in [9.17, 15) is 13.2 Å². The molecule has 0 radical (unpaired) electrons. The van der Waals surface area contributed by atoms with Crippen molar-refractivity contribution in [2.75, 3.05) is 19.6 Å². The van der Waals surface area contributed by atoms with Gasteiger partial charge in [-0.1, -0.05) is 6.92 Å². The molecule has 0 aromatic carbocycles. The quantitative estimate of drug-likeness (QED) is 0.929. The van der Waals surface area contributed by atoms with Gasteiger partial charge in [0.2, 0.25) is 0 Å². The van der Waals surface area contributed by atoms with E-state index in [1.807, 2.05) is 4.90 Å². The van der Waals surface area contributed by atoms with Crippen molar-refractivity contribution in [3.8, 4) is 0 Å². The topological polar surface area (TPSA) is 47.1 Å². The molecule has 0 spiro atoms. The molecule has 1 unspecified atom stereocenters. The molecule has 0 amide bonds. The van der Waals surface area contributed by atoms with Gasteiger partial charge >= 0.3 is 6.18 Å². The number of hydrogen-bond donors (Lipinski definition) is 1. The van der Waals surface area contributed by atoms with Crippen molar-refractivity contribution in [1.82, 2.24) is 14.7 Å². The molecule has 1 aromatic heterocycles. The van der Waals surface area contributed by atoms with Gasteiger partial charge in [0.05, 0.1) is 6.20 Å². The first-order chi connectivity index (χ1) is 8.75. The van der Waals surface area contributed by atoms with Gasteiger partial charge < -0.3 is 5.73 Å². The molecule has 116 valence electrons. The third-order valence-electron chi connectivity index (χ3n) is 3.81. The van der Waals surface area contributed by atoms with Crippen LogP contribution >= 0.6 is 12.4 Å². The predicted octanol–water partition coefficient (Wildman–Crippen LogP) is 2.03. The lowest BCUT2D eigenvalue weighted by Crippen LogP contribution is -2.31. The van der Waals surface area contributed by atoms with Crippen LogP contribution in [0, 0.1) is 5.41 Å². The SMILES string of the molecule is Cl.Cn1ncc(CN2CCC(C)(CN)C2)c1C(F)(F)F. The third kappa shape index (κ3) is 3.45. The minimum absolute atomic E-state index is 0. The second kappa shape index (κ2) is 5.91. The Morgan fingerprint density at radius 2 is 2.10 bits per heavy atom. The Morgan fingerprint density at radius 3 is 2.60 bits per heavy atom. The molecule has 8 heteroatoms. The monoisotopic (exact) mass is 312 g/mol. The summed E-state index contributed by atoms with van der Waals surface area (Å²) in [7, 11) is 1.32. The van der Waals surface area contributed by atoms with E-state index in [-0.39, 0.29) is 29.9 Å². The number of nitrogens with zero attached hydrogens (tertiary/aromatic N) is 3. The smallest absolute Gasteiger partial charge is 0.330 e. The molecule has 2 N–H and O–H groups in total. The normalized spacial score (nSPS) is 23.9. The maximum Gasteiger partial charge on any atom is 0.433 e. The lowest BCUT2D eigenvalue weighted by Gasteiger charge is -2.22. The lowest BCUT2D eigenvalue weighted by atomic mass is 9.90. The highest BCUT2D eigenvalue weighted by Crippen LogP contribution is 2.34. The number of hydrogen-bond acceptors (Lipinski definition) is 3. The summed E-state index contributed by atoms with van der Waals surface area (Å²) in [4.78, 5) is 2.01. The Kier molecular flexibility index (Phi) is 5.10. The van der Waals surface area contributed by atoms with Crippen molar-refractivity contribution < 1.29 is 13.2 Å². The van der Waals surface area contributed by atoms with Crippen LogP contribution in [-0.4, -0.2) is 34.3 Å².